The number of ether oxygens (including phenoxy) is 1. The molecule has 1 aliphatic heterocycles. The summed E-state index contributed by atoms with van der Waals surface area (Å²) in [6.07, 6.45) is 3.19. The summed E-state index contributed by atoms with van der Waals surface area (Å²) in [6.45, 7) is 3.03. The van der Waals surface area contributed by atoms with Crippen LogP contribution in [0.25, 0.3) is 22.2 Å². The predicted octanol–water partition coefficient (Wildman–Crippen LogP) is 3.86. The maximum absolute atomic E-state index is 13.3. The second-order valence-electron chi connectivity index (χ2n) is 7.02. The molecular formula is C21H23FN2O3. The maximum Gasteiger partial charge on any atom is 0.170 e. The van der Waals surface area contributed by atoms with Crippen LogP contribution in [-0.4, -0.2) is 47.5 Å². The Bertz CT molecular complexity index is 888. The standard InChI is InChI=1S/C21H23FN2O3/c22-16-6-9-19-20(12-16)27-23-21(19)15-4-7-18(8-5-15)26-14-17(25)13-24-10-2-1-3-11-24/h4-9,12,17,25H,1-3,10-11,13-14H2/t17-/m1/s1. The van der Waals surface area contributed by atoms with Gasteiger partial charge in [0.1, 0.15) is 30.0 Å². The van der Waals surface area contributed by atoms with Crippen molar-refractivity contribution in [3.63, 3.8) is 0 Å². The molecule has 1 aromatic heterocycles. The third kappa shape index (κ3) is 4.28. The van der Waals surface area contributed by atoms with Crippen LogP contribution in [0.2, 0.25) is 0 Å². The van der Waals surface area contributed by atoms with Gasteiger partial charge in [0.05, 0.1) is 0 Å². The monoisotopic (exact) mass is 370 g/mol. The van der Waals surface area contributed by atoms with Gasteiger partial charge in [0.2, 0.25) is 0 Å². The first-order valence-corrected chi connectivity index (χ1v) is 9.37. The van der Waals surface area contributed by atoms with Gasteiger partial charge in [0.15, 0.2) is 5.58 Å². The molecule has 0 amide bonds. The SMILES string of the molecule is O[C@@H](COc1ccc(-c2noc3cc(F)ccc23)cc1)CN1CCCCC1. The van der Waals surface area contributed by atoms with E-state index in [0.717, 1.165) is 24.0 Å². The van der Waals surface area contributed by atoms with Crippen molar-refractivity contribution in [2.24, 2.45) is 0 Å². The van der Waals surface area contributed by atoms with Crippen molar-refractivity contribution in [2.45, 2.75) is 25.4 Å². The molecule has 27 heavy (non-hydrogen) atoms. The van der Waals surface area contributed by atoms with E-state index in [1.807, 2.05) is 24.3 Å². The quantitative estimate of drug-likeness (QED) is 0.714. The van der Waals surface area contributed by atoms with Crippen molar-refractivity contribution >= 4 is 11.0 Å². The molecule has 0 spiro atoms. The lowest BCUT2D eigenvalue weighted by Crippen LogP contribution is -2.38. The summed E-state index contributed by atoms with van der Waals surface area (Å²) in [6, 6.07) is 11.8. The van der Waals surface area contributed by atoms with Crippen molar-refractivity contribution < 1.29 is 18.8 Å². The van der Waals surface area contributed by atoms with Crippen LogP contribution < -0.4 is 4.74 Å². The highest BCUT2D eigenvalue weighted by Crippen LogP contribution is 2.29. The predicted molar refractivity (Wildman–Crippen MR) is 101 cm³/mol. The molecule has 4 rings (SSSR count). The number of aliphatic hydroxyl groups excluding tert-OH is 1. The zero-order valence-corrected chi connectivity index (χ0v) is 15.1. The third-order valence-corrected chi connectivity index (χ3v) is 4.92. The molecule has 0 unspecified atom stereocenters. The van der Waals surface area contributed by atoms with Gasteiger partial charge in [-0.15, -0.1) is 0 Å². The van der Waals surface area contributed by atoms with Gasteiger partial charge in [-0.25, -0.2) is 4.39 Å². The summed E-state index contributed by atoms with van der Waals surface area (Å²) in [5, 5.41) is 15.0. The number of halogens is 1. The number of aromatic nitrogens is 1. The molecule has 1 N–H and O–H groups in total. The first-order valence-electron chi connectivity index (χ1n) is 9.37. The van der Waals surface area contributed by atoms with Gasteiger partial charge in [0.25, 0.3) is 0 Å². The molecule has 1 fully saturated rings. The van der Waals surface area contributed by atoms with Crippen LogP contribution in [0.3, 0.4) is 0 Å². The summed E-state index contributed by atoms with van der Waals surface area (Å²) in [5.74, 6) is 0.340. The van der Waals surface area contributed by atoms with Crippen LogP contribution >= 0.6 is 0 Å². The van der Waals surface area contributed by atoms with Crippen LogP contribution in [-0.2, 0) is 0 Å². The molecule has 142 valence electrons. The fourth-order valence-corrected chi connectivity index (χ4v) is 3.51. The highest BCUT2D eigenvalue weighted by molar-refractivity contribution is 5.91. The highest BCUT2D eigenvalue weighted by atomic mass is 19.1. The Morgan fingerprint density at radius 1 is 1.11 bits per heavy atom. The lowest BCUT2D eigenvalue weighted by atomic mass is 10.1. The number of piperidine rings is 1. The van der Waals surface area contributed by atoms with E-state index in [1.165, 1.54) is 31.4 Å². The van der Waals surface area contributed by atoms with Crippen LogP contribution in [0.4, 0.5) is 4.39 Å². The van der Waals surface area contributed by atoms with Crippen molar-refractivity contribution in [1.82, 2.24) is 10.1 Å². The number of hydrogen-bond acceptors (Lipinski definition) is 5. The molecule has 2 heterocycles. The second kappa shape index (κ2) is 8.06. The van der Waals surface area contributed by atoms with Crippen molar-refractivity contribution in [2.75, 3.05) is 26.2 Å². The van der Waals surface area contributed by atoms with Crippen molar-refractivity contribution in [1.29, 1.82) is 0 Å². The fourth-order valence-electron chi connectivity index (χ4n) is 3.51. The van der Waals surface area contributed by atoms with Gasteiger partial charge in [-0.1, -0.05) is 11.6 Å². The van der Waals surface area contributed by atoms with E-state index in [-0.39, 0.29) is 12.4 Å². The first kappa shape index (κ1) is 17.9. The molecule has 1 aliphatic rings. The molecule has 1 saturated heterocycles. The number of nitrogens with zero attached hydrogens (tertiary/aromatic N) is 2. The van der Waals surface area contributed by atoms with Crippen molar-refractivity contribution in [3.05, 3.63) is 48.3 Å². The molecule has 2 aromatic carbocycles. The Kier molecular flexibility index (Phi) is 5.36. The van der Waals surface area contributed by atoms with Crippen LogP contribution in [0.15, 0.2) is 47.0 Å². The molecule has 6 heteroatoms. The van der Waals surface area contributed by atoms with E-state index < -0.39 is 6.10 Å². The van der Waals surface area contributed by atoms with E-state index in [1.54, 1.807) is 6.07 Å². The molecule has 0 bridgehead atoms. The average Bonchev–Trinajstić information content (AvgIpc) is 3.10. The van der Waals surface area contributed by atoms with Crippen LogP contribution in [0.1, 0.15) is 19.3 Å². The number of benzene rings is 2. The van der Waals surface area contributed by atoms with Gasteiger partial charge in [-0.2, -0.15) is 0 Å². The number of hydrogen-bond donors (Lipinski definition) is 1. The van der Waals surface area contributed by atoms with E-state index in [2.05, 4.69) is 10.1 Å². The Hall–Kier alpha value is -2.44. The number of fused-ring (bicyclic) bond motifs is 1. The van der Waals surface area contributed by atoms with E-state index in [0.29, 0.717) is 23.6 Å². The molecule has 5 nitrogen and oxygen atoms in total. The topological polar surface area (TPSA) is 58.7 Å². The molecule has 0 radical (unpaired) electrons. The molecule has 3 aromatic rings. The maximum atomic E-state index is 13.3. The lowest BCUT2D eigenvalue weighted by Gasteiger charge is -2.28. The molecule has 1 atom stereocenters. The van der Waals surface area contributed by atoms with E-state index in [4.69, 9.17) is 9.26 Å². The average molecular weight is 370 g/mol. The number of β-amino-alcohol motifs (C(OH)–C–C–N with tert-alkyl or cyclic N) is 1. The van der Waals surface area contributed by atoms with Gasteiger partial charge < -0.3 is 19.3 Å². The van der Waals surface area contributed by atoms with Crippen LogP contribution in [0, 0.1) is 5.82 Å². The molecular weight excluding hydrogens is 347 g/mol. The number of aliphatic hydroxyl groups is 1. The Morgan fingerprint density at radius 2 is 1.89 bits per heavy atom. The summed E-state index contributed by atoms with van der Waals surface area (Å²) in [7, 11) is 0. The molecule has 0 saturated carbocycles. The smallest absolute Gasteiger partial charge is 0.170 e. The Balaban J connectivity index is 1.37. The molecule has 0 aliphatic carbocycles. The largest absolute Gasteiger partial charge is 0.491 e. The van der Waals surface area contributed by atoms with E-state index in [9.17, 15) is 9.50 Å². The summed E-state index contributed by atoms with van der Waals surface area (Å²) >= 11 is 0. The van der Waals surface area contributed by atoms with Crippen molar-refractivity contribution in [3.8, 4) is 17.0 Å². The van der Waals surface area contributed by atoms with Gasteiger partial charge in [-0.05, 0) is 62.3 Å². The van der Waals surface area contributed by atoms with Crippen LogP contribution in [0.5, 0.6) is 5.75 Å². The second-order valence-corrected chi connectivity index (χ2v) is 7.02. The Morgan fingerprint density at radius 3 is 2.67 bits per heavy atom. The van der Waals surface area contributed by atoms with Gasteiger partial charge in [-0.3, -0.25) is 0 Å². The highest BCUT2D eigenvalue weighted by Gasteiger charge is 2.15. The summed E-state index contributed by atoms with van der Waals surface area (Å²) in [5.41, 5.74) is 1.95. The number of likely N-dealkylation sites (tertiary alicyclic amines) is 1. The third-order valence-electron chi connectivity index (χ3n) is 4.92. The summed E-state index contributed by atoms with van der Waals surface area (Å²) < 4.78 is 24.2. The summed E-state index contributed by atoms with van der Waals surface area (Å²) in [4.78, 5) is 2.29. The fraction of sp³-hybridized carbons (Fsp3) is 0.381. The van der Waals surface area contributed by atoms with E-state index >= 15 is 0 Å². The Labute approximate surface area is 157 Å². The zero-order valence-electron chi connectivity index (χ0n) is 15.1. The number of rotatable bonds is 6. The lowest BCUT2D eigenvalue weighted by molar-refractivity contribution is 0.0617. The minimum absolute atomic E-state index is 0.266. The minimum atomic E-state index is -0.503. The first-order chi connectivity index (χ1) is 13.2. The zero-order chi connectivity index (χ0) is 18.6. The normalized spacial score (nSPS) is 16.5. The van der Waals surface area contributed by atoms with Gasteiger partial charge >= 0.3 is 0 Å². The minimum Gasteiger partial charge on any atom is -0.491 e. The van der Waals surface area contributed by atoms with Gasteiger partial charge in [0, 0.05) is 23.6 Å².